The van der Waals surface area contributed by atoms with Crippen molar-refractivity contribution >= 4 is 11.6 Å². The van der Waals surface area contributed by atoms with Gasteiger partial charge < -0.3 is 10.3 Å². The van der Waals surface area contributed by atoms with E-state index in [9.17, 15) is 0 Å². The highest BCUT2D eigenvalue weighted by atomic mass is 35.5. The van der Waals surface area contributed by atoms with Crippen molar-refractivity contribution in [3.05, 3.63) is 41.2 Å². The van der Waals surface area contributed by atoms with E-state index < -0.39 is 0 Å². The Hall–Kier alpha value is -1.32. The van der Waals surface area contributed by atoms with E-state index in [2.05, 4.69) is 22.2 Å². The van der Waals surface area contributed by atoms with Crippen molar-refractivity contribution in [1.82, 2.24) is 15.3 Å². The number of H-pyrrole nitrogens is 1. The largest absolute Gasteiger partial charge is 0.341 e. The second kappa shape index (κ2) is 5.14. The molecule has 16 heavy (non-hydrogen) atoms. The lowest BCUT2D eigenvalue weighted by Crippen LogP contribution is -2.11. The zero-order valence-electron chi connectivity index (χ0n) is 9.13. The van der Waals surface area contributed by atoms with Gasteiger partial charge >= 0.3 is 0 Å². The number of nitrogens with one attached hydrogen (secondary N) is 2. The Kier molecular flexibility index (Phi) is 3.59. The fourth-order valence-corrected chi connectivity index (χ4v) is 1.68. The van der Waals surface area contributed by atoms with Crippen LogP contribution in [0.1, 0.15) is 12.6 Å². The summed E-state index contributed by atoms with van der Waals surface area (Å²) >= 11 is 5.93. The first-order chi connectivity index (χ1) is 7.79. The SMILES string of the molecule is CCNCc1cnc(-c2cccc(Cl)c2)[nH]1. The molecule has 0 saturated heterocycles. The van der Waals surface area contributed by atoms with Crippen LogP contribution in [-0.2, 0) is 6.54 Å². The van der Waals surface area contributed by atoms with Gasteiger partial charge in [0.1, 0.15) is 5.82 Å². The highest BCUT2D eigenvalue weighted by molar-refractivity contribution is 6.30. The van der Waals surface area contributed by atoms with Gasteiger partial charge in [0, 0.05) is 29.0 Å². The Labute approximate surface area is 99.9 Å². The van der Waals surface area contributed by atoms with E-state index in [4.69, 9.17) is 11.6 Å². The molecule has 4 heteroatoms. The molecule has 0 aliphatic rings. The summed E-state index contributed by atoms with van der Waals surface area (Å²) in [7, 11) is 0. The molecule has 0 amide bonds. The van der Waals surface area contributed by atoms with Crippen LogP contribution < -0.4 is 5.32 Å². The quantitative estimate of drug-likeness (QED) is 0.856. The molecule has 0 radical (unpaired) electrons. The zero-order chi connectivity index (χ0) is 11.4. The Bertz CT molecular complexity index is 465. The minimum atomic E-state index is 0.724. The number of hydrogen-bond acceptors (Lipinski definition) is 2. The Balaban J connectivity index is 2.18. The summed E-state index contributed by atoms with van der Waals surface area (Å²) in [4.78, 5) is 7.59. The molecule has 0 atom stereocenters. The number of hydrogen-bond donors (Lipinski definition) is 2. The van der Waals surface area contributed by atoms with Crippen molar-refractivity contribution in [3.63, 3.8) is 0 Å². The van der Waals surface area contributed by atoms with Crippen molar-refractivity contribution in [3.8, 4) is 11.4 Å². The standard InChI is InChI=1S/C12H14ClN3/c1-2-14-7-11-8-15-12(16-11)9-4-3-5-10(13)6-9/h3-6,8,14H,2,7H2,1H3,(H,15,16). The predicted octanol–water partition coefficient (Wildman–Crippen LogP) is 2.84. The van der Waals surface area contributed by atoms with Crippen molar-refractivity contribution in [2.75, 3.05) is 6.54 Å². The number of aromatic nitrogens is 2. The van der Waals surface area contributed by atoms with E-state index in [0.717, 1.165) is 35.2 Å². The third kappa shape index (κ3) is 2.62. The first kappa shape index (κ1) is 11.2. The predicted molar refractivity (Wildman–Crippen MR) is 66.4 cm³/mol. The fourth-order valence-electron chi connectivity index (χ4n) is 1.49. The highest BCUT2D eigenvalue weighted by Gasteiger charge is 2.03. The molecule has 1 heterocycles. The van der Waals surface area contributed by atoms with Crippen molar-refractivity contribution in [2.45, 2.75) is 13.5 Å². The first-order valence-electron chi connectivity index (χ1n) is 5.30. The summed E-state index contributed by atoms with van der Waals surface area (Å²) in [5.41, 5.74) is 2.09. The Morgan fingerprint density at radius 3 is 3.06 bits per heavy atom. The van der Waals surface area contributed by atoms with E-state index in [1.165, 1.54) is 0 Å². The molecule has 0 unspecified atom stereocenters. The zero-order valence-corrected chi connectivity index (χ0v) is 9.88. The summed E-state index contributed by atoms with van der Waals surface area (Å²) in [6.07, 6.45) is 1.85. The van der Waals surface area contributed by atoms with Crippen LogP contribution in [0.25, 0.3) is 11.4 Å². The van der Waals surface area contributed by atoms with Gasteiger partial charge in [0.25, 0.3) is 0 Å². The summed E-state index contributed by atoms with van der Waals surface area (Å²) in [6, 6.07) is 7.66. The van der Waals surface area contributed by atoms with Crippen LogP contribution in [0.2, 0.25) is 5.02 Å². The molecule has 0 aliphatic heterocycles. The number of rotatable bonds is 4. The van der Waals surface area contributed by atoms with Crippen LogP contribution in [0.3, 0.4) is 0 Å². The molecule has 84 valence electrons. The van der Waals surface area contributed by atoms with E-state index in [0.29, 0.717) is 0 Å². The normalized spacial score (nSPS) is 10.6. The summed E-state index contributed by atoms with van der Waals surface area (Å²) < 4.78 is 0. The van der Waals surface area contributed by atoms with Gasteiger partial charge in [-0.1, -0.05) is 30.7 Å². The molecule has 0 saturated carbocycles. The van der Waals surface area contributed by atoms with Crippen LogP contribution >= 0.6 is 11.6 Å². The summed E-state index contributed by atoms with van der Waals surface area (Å²) in [6.45, 7) is 3.84. The van der Waals surface area contributed by atoms with Gasteiger partial charge in [-0.15, -0.1) is 0 Å². The molecular formula is C12H14ClN3. The number of benzene rings is 1. The molecule has 1 aromatic carbocycles. The van der Waals surface area contributed by atoms with Gasteiger partial charge in [0.15, 0.2) is 0 Å². The average molecular weight is 236 g/mol. The van der Waals surface area contributed by atoms with Gasteiger partial charge in [0.05, 0.1) is 0 Å². The van der Waals surface area contributed by atoms with Crippen LogP contribution in [0.15, 0.2) is 30.5 Å². The lowest BCUT2D eigenvalue weighted by atomic mass is 10.2. The second-order valence-corrected chi connectivity index (χ2v) is 3.98. The van der Waals surface area contributed by atoms with E-state index in [1.807, 2.05) is 30.5 Å². The van der Waals surface area contributed by atoms with Gasteiger partial charge in [-0.05, 0) is 18.7 Å². The molecule has 0 spiro atoms. The van der Waals surface area contributed by atoms with Crippen LogP contribution in [0, 0.1) is 0 Å². The Morgan fingerprint density at radius 1 is 1.44 bits per heavy atom. The Morgan fingerprint density at radius 2 is 2.31 bits per heavy atom. The van der Waals surface area contributed by atoms with Crippen LogP contribution in [0.4, 0.5) is 0 Å². The minimum Gasteiger partial charge on any atom is -0.341 e. The van der Waals surface area contributed by atoms with E-state index >= 15 is 0 Å². The van der Waals surface area contributed by atoms with Crippen molar-refractivity contribution in [2.24, 2.45) is 0 Å². The van der Waals surface area contributed by atoms with E-state index in [1.54, 1.807) is 0 Å². The van der Waals surface area contributed by atoms with Crippen LogP contribution in [-0.4, -0.2) is 16.5 Å². The third-order valence-corrected chi connectivity index (χ3v) is 2.53. The molecule has 1 aromatic heterocycles. The molecule has 3 nitrogen and oxygen atoms in total. The number of imidazole rings is 1. The van der Waals surface area contributed by atoms with Crippen molar-refractivity contribution in [1.29, 1.82) is 0 Å². The molecule has 2 aromatic rings. The highest BCUT2D eigenvalue weighted by Crippen LogP contribution is 2.19. The second-order valence-electron chi connectivity index (χ2n) is 3.55. The third-order valence-electron chi connectivity index (χ3n) is 2.29. The summed E-state index contributed by atoms with van der Waals surface area (Å²) in [5, 5.41) is 3.97. The number of halogens is 1. The molecular weight excluding hydrogens is 222 g/mol. The van der Waals surface area contributed by atoms with E-state index in [-0.39, 0.29) is 0 Å². The van der Waals surface area contributed by atoms with Gasteiger partial charge in [0.2, 0.25) is 0 Å². The van der Waals surface area contributed by atoms with Crippen molar-refractivity contribution < 1.29 is 0 Å². The summed E-state index contributed by atoms with van der Waals surface area (Å²) in [5.74, 6) is 0.857. The lowest BCUT2D eigenvalue weighted by molar-refractivity contribution is 0.714. The first-order valence-corrected chi connectivity index (χ1v) is 5.68. The lowest BCUT2D eigenvalue weighted by Gasteiger charge is -1.98. The molecule has 0 aliphatic carbocycles. The smallest absolute Gasteiger partial charge is 0.137 e. The molecule has 0 fully saturated rings. The fraction of sp³-hybridized carbons (Fsp3) is 0.250. The van der Waals surface area contributed by atoms with Crippen LogP contribution in [0.5, 0.6) is 0 Å². The van der Waals surface area contributed by atoms with Gasteiger partial charge in [-0.2, -0.15) is 0 Å². The number of nitrogens with zero attached hydrogens (tertiary/aromatic N) is 1. The maximum atomic E-state index is 5.93. The monoisotopic (exact) mass is 235 g/mol. The molecule has 2 rings (SSSR count). The minimum absolute atomic E-state index is 0.724. The van der Waals surface area contributed by atoms with Gasteiger partial charge in [-0.25, -0.2) is 4.98 Å². The number of aromatic amines is 1. The van der Waals surface area contributed by atoms with Gasteiger partial charge in [-0.3, -0.25) is 0 Å². The topological polar surface area (TPSA) is 40.7 Å². The molecule has 2 N–H and O–H groups in total. The maximum Gasteiger partial charge on any atom is 0.137 e. The molecule has 0 bridgehead atoms. The maximum absolute atomic E-state index is 5.93. The average Bonchev–Trinajstić information content (AvgIpc) is 2.75.